The molecule has 0 aliphatic heterocycles. The van der Waals surface area contributed by atoms with Gasteiger partial charge in [0.15, 0.2) is 0 Å². The van der Waals surface area contributed by atoms with Crippen molar-refractivity contribution in [1.82, 2.24) is 5.32 Å². The van der Waals surface area contributed by atoms with Crippen LogP contribution < -0.4 is 5.32 Å². The third-order valence-corrected chi connectivity index (χ3v) is 0.525. The molecule has 1 nitrogen and oxygen atoms in total. The molecule has 0 aromatic carbocycles. The Morgan fingerprint density at radius 2 is 1.78 bits per heavy atom. The Balaban J connectivity index is 3.64. The van der Waals surface area contributed by atoms with E-state index < -0.39 is 6.30 Å². The van der Waals surface area contributed by atoms with Crippen LogP contribution in [-0.2, 0) is 0 Å². The lowest BCUT2D eigenvalue weighted by molar-refractivity contribution is -0.147. The summed E-state index contributed by atoms with van der Waals surface area (Å²) >= 11 is 0. The lowest BCUT2D eigenvalue weighted by atomic mass is 10.4. The molecule has 0 aliphatic carbocycles. The third-order valence-electron chi connectivity index (χ3n) is 0.525. The molecule has 0 unspecified atom stereocenters. The van der Waals surface area contributed by atoms with Crippen LogP contribution in [0.15, 0.2) is 11.8 Å². The van der Waals surface area contributed by atoms with Gasteiger partial charge in [-0.1, -0.05) is 5.57 Å². The Morgan fingerprint density at radius 3 is 1.89 bits per heavy atom. The zero-order chi connectivity index (χ0) is 7.49. The maximum absolute atomic E-state index is 11.3. The maximum Gasteiger partial charge on any atom is 0.481 e. The Bertz CT molecular complexity index is 110. The van der Waals surface area contributed by atoms with Crippen LogP contribution in [0, 0.1) is 0 Å². The van der Waals surface area contributed by atoms with E-state index in [1.807, 2.05) is 0 Å². The average molecular weight is 139 g/mol. The van der Waals surface area contributed by atoms with Crippen molar-refractivity contribution < 1.29 is 13.2 Å². The van der Waals surface area contributed by atoms with Gasteiger partial charge in [0.1, 0.15) is 0 Å². The van der Waals surface area contributed by atoms with E-state index in [0.29, 0.717) is 5.57 Å². The first kappa shape index (κ1) is 8.33. The summed E-state index contributed by atoms with van der Waals surface area (Å²) in [6, 6.07) is 0. The zero-order valence-corrected chi connectivity index (χ0v) is 5.21. The number of halogens is 3. The molecule has 0 fully saturated rings. The van der Waals surface area contributed by atoms with Crippen molar-refractivity contribution >= 4 is 0 Å². The SMILES string of the molecule is CC(C)=CNC(F)(F)F. The molecule has 0 aromatic rings. The lowest BCUT2D eigenvalue weighted by Gasteiger charge is -2.04. The molecule has 0 saturated heterocycles. The van der Waals surface area contributed by atoms with Gasteiger partial charge < -0.3 is 5.32 Å². The second kappa shape index (κ2) is 2.75. The van der Waals surface area contributed by atoms with Crippen molar-refractivity contribution in [2.45, 2.75) is 20.1 Å². The van der Waals surface area contributed by atoms with E-state index in [2.05, 4.69) is 0 Å². The second-order valence-corrected chi connectivity index (χ2v) is 1.86. The minimum atomic E-state index is -4.29. The van der Waals surface area contributed by atoms with E-state index in [9.17, 15) is 13.2 Å². The van der Waals surface area contributed by atoms with Crippen molar-refractivity contribution in [3.05, 3.63) is 11.8 Å². The van der Waals surface area contributed by atoms with E-state index >= 15 is 0 Å². The van der Waals surface area contributed by atoms with Crippen LogP contribution >= 0.6 is 0 Å². The lowest BCUT2D eigenvalue weighted by Crippen LogP contribution is -2.26. The topological polar surface area (TPSA) is 12.0 Å². The van der Waals surface area contributed by atoms with Gasteiger partial charge in [0, 0.05) is 6.20 Å². The number of hydrogen-bond acceptors (Lipinski definition) is 1. The van der Waals surface area contributed by atoms with Gasteiger partial charge in [0.05, 0.1) is 0 Å². The van der Waals surface area contributed by atoms with Crippen LogP contribution in [0.1, 0.15) is 13.8 Å². The maximum atomic E-state index is 11.3. The van der Waals surface area contributed by atoms with Crippen LogP contribution in [0.3, 0.4) is 0 Å². The summed E-state index contributed by atoms with van der Waals surface area (Å²) in [6.07, 6.45) is -3.38. The largest absolute Gasteiger partial charge is 0.481 e. The normalized spacial score (nSPS) is 10.8. The summed E-state index contributed by atoms with van der Waals surface area (Å²) in [7, 11) is 0. The van der Waals surface area contributed by atoms with Crippen LogP contribution in [-0.4, -0.2) is 6.30 Å². The monoisotopic (exact) mass is 139 g/mol. The molecular formula is C5H8F3N. The summed E-state index contributed by atoms with van der Waals surface area (Å²) in [5.41, 5.74) is 0.590. The zero-order valence-electron chi connectivity index (χ0n) is 5.21. The summed E-state index contributed by atoms with van der Waals surface area (Å²) < 4.78 is 33.8. The average Bonchev–Trinajstić information content (AvgIpc) is 1.59. The quantitative estimate of drug-likeness (QED) is 0.548. The van der Waals surface area contributed by atoms with Gasteiger partial charge in [-0.05, 0) is 13.8 Å². The molecule has 9 heavy (non-hydrogen) atoms. The predicted molar refractivity (Wildman–Crippen MR) is 28.6 cm³/mol. The summed E-state index contributed by atoms with van der Waals surface area (Å²) in [5, 5.41) is 1.26. The summed E-state index contributed by atoms with van der Waals surface area (Å²) in [4.78, 5) is 0. The molecule has 0 bridgehead atoms. The molecule has 0 radical (unpaired) electrons. The third kappa shape index (κ3) is 7.33. The van der Waals surface area contributed by atoms with Crippen molar-refractivity contribution in [3.63, 3.8) is 0 Å². The van der Waals surface area contributed by atoms with Crippen molar-refractivity contribution in [3.8, 4) is 0 Å². The molecule has 0 aromatic heterocycles. The van der Waals surface area contributed by atoms with Gasteiger partial charge in [-0.15, -0.1) is 0 Å². The first-order valence-corrected chi connectivity index (χ1v) is 2.39. The Hall–Kier alpha value is -0.670. The molecule has 0 amide bonds. The highest BCUT2D eigenvalue weighted by Gasteiger charge is 2.24. The van der Waals surface area contributed by atoms with Gasteiger partial charge >= 0.3 is 6.30 Å². The number of allylic oxidation sites excluding steroid dienone is 1. The smallest absolute Gasteiger partial charge is 0.304 e. The Kier molecular flexibility index (Phi) is 2.55. The molecule has 4 heteroatoms. The second-order valence-electron chi connectivity index (χ2n) is 1.86. The highest BCUT2D eigenvalue weighted by Crippen LogP contribution is 2.09. The van der Waals surface area contributed by atoms with Crippen molar-refractivity contribution in [2.24, 2.45) is 0 Å². The highest BCUT2D eigenvalue weighted by molar-refractivity contribution is 4.91. The van der Waals surface area contributed by atoms with E-state index in [1.165, 1.54) is 5.32 Å². The fourth-order valence-electron chi connectivity index (χ4n) is 0.226. The molecule has 0 rings (SSSR count). The van der Waals surface area contributed by atoms with E-state index in [-0.39, 0.29) is 0 Å². The minimum Gasteiger partial charge on any atom is -0.304 e. The molecule has 54 valence electrons. The fourth-order valence-corrected chi connectivity index (χ4v) is 0.226. The summed E-state index contributed by atoms with van der Waals surface area (Å²) in [6.45, 7) is 3.16. The van der Waals surface area contributed by atoms with Crippen molar-refractivity contribution in [1.29, 1.82) is 0 Å². The fraction of sp³-hybridized carbons (Fsp3) is 0.600. The molecule has 1 N–H and O–H groups in total. The van der Waals surface area contributed by atoms with Gasteiger partial charge in [-0.2, -0.15) is 13.2 Å². The van der Waals surface area contributed by atoms with Crippen LogP contribution in [0.25, 0.3) is 0 Å². The Labute approximate surface area is 51.6 Å². The molecule has 0 saturated carbocycles. The minimum absolute atomic E-state index is 0.590. The number of hydrogen-bond donors (Lipinski definition) is 1. The van der Waals surface area contributed by atoms with Gasteiger partial charge in [0.2, 0.25) is 0 Å². The van der Waals surface area contributed by atoms with E-state index in [0.717, 1.165) is 6.20 Å². The first-order chi connectivity index (χ1) is 3.92. The van der Waals surface area contributed by atoms with Crippen LogP contribution in [0.5, 0.6) is 0 Å². The van der Waals surface area contributed by atoms with Crippen LogP contribution in [0.4, 0.5) is 13.2 Å². The first-order valence-electron chi connectivity index (χ1n) is 2.39. The highest BCUT2D eigenvalue weighted by atomic mass is 19.4. The van der Waals surface area contributed by atoms with Crippen LogP contribution in [0.2, 0.25) is 0 Å². The van der Waals surface area contributed by atoms with E-state index in [1.54, 1.807) is 13.8 Å². The molecule has 0 heterocycles. The number of alkyl halides is 3. The number of rotatable bonds is 1. The molecule has 0 spiro atoms. The standard InChI is InChI=1S/C5H8F3N/c1-4(2)3-9-5(6,7)8/h3,9H,1-2H3. The Morgan fingerprint density at radius 1 is 1.33 bits per heavy atom. The van der Waals surface area contributed by atoms with Crippen molar-refractivity contribution in [2.75, 3.05) is 0 Å². The van der Waals surface area contributed by atoms with Gasteiger partial charge in [-0.25, -0.2) is 0 Å². The molecular weight excluding hydrogens is 131 g/mol. The van der Waals surface area contributed by atoms with Gasteiger partial charge in [-0.3, -0.25) is 0 Å². The molecule has 0 atom stereocenters. The predicted octanol–water partition coefficient (Wildman–Crippen LogP) is 2.02. The number of nitrogens with one attached hydrogen (secondary N) is 1. The van der Waals surface area contributed by atoms with E-state index in [4.69, 9.17) is 0 Å². The summed E-state index contributed by atoms with van der Waals surface area (Å²) in [5.74, 6) is 0. The van der Waals surface area contributed by atoms with Gasteiger partial charge in [0.25, 0.3) is 0 Å². The molecule has 0 aliphatic rings.